The lowest BCUT2D eigenvalue weighted by Crippen LogP contribution is -2.31. The van der Waals surface area contributed by atoms with Crippen LogP contribution in [0.2, 0.25) is 0 Å². The van der Waals surface area contributed by atoms with Gasteiger partial charge in [-0.2, -0.15) is 0 Å². The minimum atomic E-state index is -0.323. The minimum Gasteiger partial charge on any atom is -0.334 e. The number of hydrogen-bond acceptors (Lipinski definition) is 4. The van der Waals surface area contributed by atoms with Crippen LogP contribution in [-0.4, -0.2) is 38.6 Å². The van der Waals surface area contributed by atoms with Gasteiger partial charge in [-0.3, -0.25) is 14.3 Å². The third-order valence-electron chi connectivity index (χ3n) is 4.31. The van der Waals surface area contributed by atoms with Gasteiger partial charge in [-0.25, -0.2) is 9.37 Å². The lowest BCUT2D eigenvalue weighted by Gasteiger charge is -2.25. The molecule has 1 unspecified atom stereocenters. The number of hydrogen-bond donors (Lipinski definition) is 0. The van der Waals surface area contributed by atoms with E-state index in [-0.39, 0.29) is 17.8 Å². The van der Waals surface area contributed by atoms with Crippen LogP contribution >= 0.6 is 11.8 Å². The first-order chi connectivity index (χ1) is 12.5. The Hall–Kier alpha value is -2.67. The highest BCUT2D eigenvalue weighted by molar-refractivity contribution is 7.98. The van der Waals surface area contributed by atoms with E-state index in [1.165, 1.54) is 23.9 Å². The summed E-state index contributed by atoms with van der Waals surface area (Å²) in [7, 11) is 1.76. The molecule has 0 aliphatic rings. The Balaban J connectivity index is 1.97. The maximum atomic E-state index is 13.3. The van der Waals surface area contributed by atoms with Crippen molar-refractivity contribution in [2.45, 2.75) is 18.1 Å². The van der Waals surface area contributed by atoms with Gasteiger partial charge in [0, 0.05) is 25.1 Å². The van der Waals surface area contributed by atoms with Gasteiger partial charge in [-0.05, 0) is 55.1 Å². The Morgan fingerprint density at radius 3 is 2.46 bits per heavy atom. The largest absolute Gasteiger partial charge is 0.334 e. The van der Waals surface area contributed by atoms with E-state index in [9.17, 15) is 9.18 Å². The van der Waals surface area contributed by atoms with Crippen molar-refractivity contribution < 1.29 is 9.18 Å². The number of aromatic nitrogens is 3. The zero-order chi connectivity index (χ0) is 18.7. The third kappa shape index (κ3) is 3.48. The standard InChI is InChI=1S/C19H19FN4OS/c1-13(14-8-10-21-11-9-14)23(2)18(25)17-12-22-19(26-3)24(17)16-6-4-15(20)5-7-16/h4-13H,1-3H3. The summed E-state index contributed by atoms with van der Waals surface area (Å²) in [5, 5.41) is 0.671. The molecule has 1 aromatic carbocycles. The van der Waals surface area contributed by atoms with Crippen molar-refractivity contribution in [3.63, 3.8) is 0 Å². The van der Waals surface area contributed by atoms with Crippen molar-refractivity contribution >= 4 is 17.7 Å². The summed E-state index contributed by atoms with van der Waals surface area (Å²) in [6, 6.07) is 9.67. The fourth-order valence-corrected chi connectivity index (χ4v) is 3.24. The van der Waals surface area contributed by atoms with Gasteiger partial charge in [0.05, 0.1) is 12.2 Å². The first-order valence-corrected chi connectivity index (χ1v) is 9.30. The molecule has 0 bridgehead atoms. The smallest absolute Gasteiger partial charge is 0.272 e. The number of carbonyl (C=O) groups excluding carboxylic acids is 1. The maximum Gasteiger partial charge on any atom is 0.272 e. The zero-order valence-electron chi connectivity index (χ0n) is 14.8. The minimum absolute atomic E-state index is 0.125. The predicted octanol–water partition coefficient (Wildman–Crippen LogP) is 3.96. The molecule has 1 amide bonds. The van der Waals surface area contributed by atoms with E-state index < -0.39 is 0 Å². The Labute approximate surface area is 155 Å². The van der Waals surface area contributed by atoms with E-state index in [0.29, 0.717) is 16.5 Å². The van der Waals surface area contributed by atoms with Crippen LogP contribution in [0.5, 0.6) is 0 Å². The number of pyridine rings is 1. The van der Waals surface area contributed by atoms with E-state index >= 15 is 0 Å². The molecule has 0 radical (unpaired) electrons. The maximum absolute atomic E-state index is 13.3. The Kier molecular flexibility index (Phi) is 5.37. The number of amides is 1. The van der Waals surface area contributed by atoms with Crippen LogP contribution in [0, 0.1) is 5.82 Å². The summed E-state index contributed by atoms with van der Waals surface area (Å²) in [6.07, 6.45) is 6.87. The van der Waals surface area contributed by atoms with Crippen molar-refractivity contribution in [2.24, 2.45) is 0 Å². The molecule has 2 heterocycles. The van der Waals surface area contributed by atoms with Gasteiger partial charge in [0.25, 0.3) is 5.91 Å². The van der Waals surface area contributed by atoms with Gasteiger partial charge >= 0.3 is 0 Å². The number of imidazole rings is 1. The summed E-state index contributed by atoms with van der Waals surface area (Å²) in [5.41, 5.74) is 2.12. The van der Waals surface area contributed by atoms with Gasteiger partial charge in [0.2, 0.25) is 0 Å². The molecule has 1 atom stereocenters. The molecule has 3 rings (SSSR count). The van der Waals surface area contributed by atoms with Crippen LogP contribution in [0.1, 0.15) is 29.0 Å². The number of nitrogens with zero attached hydrogens (tertiary/aromatic N) is 4. The Bertz CT molecular complexity index is 896. The molecule has 26 heavy (non-hydrogen) atoms. The van der Waals surface area contributed by atoms with Crippen LogP contribution in [0.25, 0.3) is 5.69 Å². The second kappa shape index (κ2) is 7.70. The average Bonchev–Trinajstić information content (AvgIpc) is 3.11. The summed E-state index contributed by atoms with van der Waals surface area (Å²) < 4.78 is 15.0. The lowest BCUT2D eigenvalue weighted by atomic mass is 10.1. The van der Waals surface area contributed by atoms with Gasteiger partial charge in [-0.15, -0.1) is 0 Å². The van der Waals surface area contributed by atoms with Crippen molar-refractivity contribution in [3.8, 4) is 5.69 Å². The molecule has 0 fully saturated rings. The summed E-state index contributed by atoms with van der Waals surface area (Å²) >= 11 is 1.43. The van der Waals surface area contributed by atoms with Crippen LogP contribution in [-0.2, 0) is 0 Å². The van der Waals surface area contributed by atoms with E-state index in [2.05, 4.69) is 9.97 Å². The Morgan fingerprint density at radius 1 is 1.19 bits per heavy atom. The van der Waals surface area contributed by atoms with E-state index in [0.717, 1.165) is 5.56 Å². The second-order valence-electron chi connectivity index (χ2n) is 5.81. The van der Waals surface area contributed by atoms with Crippen molar-refractivity contribution in [3.05, 3.63) is 72.1 Å². The van der Waals surface area contributed by atoms with Crippen molar-refractivity contribution in [2.75, 3.05) is 13.3 Å². The number of halogens is 1. The molecule has 134 valence electrons. The van der Waals surface area contributed by atoms with Crippen molar-refractivity contribution in [1.29, 1.82) is 0 Å². The molecule has 0 aliphatic carbocycles. The highest BCUT2D eigenvalue weighted by Crippen LogP contribution is 2.25. The Morgan fingerprint density at radius 2 is 1.85 bits per heavy atom. The van der Waals surface area contributed by atoms with Crippen molar-refractivity contribution in [1.82, 2.24) is 19.4 Å². The molecule has 0 spiro atoms. The molecule has 0 N–H and O–H groups in total. The molecule has 2 aromatic heterocycles. The number of carbonyl (C=O) groups is 1. The highest BCUT2D eigenvalue weighted by Gasteiger charge is 2.24. The molecule has 0 saturated carbocycles. The van der Waals surface area contributed by atoms with Crippen LogP contribution in [0.3, 0.4) is 0 Å². The molecule has 5 nitrogen and oxygen atoms in total. The molecular weight excluding hydrogens is 351 g/mol. The SMILES string of the molecule is CSc1ncc(C(=O)N(C)C(C)c2ccncc2)n1-c1ccc(F)cc1. The summed E-state index contributed by atoms with van der Waals surface area (Å²) in [5.74, 6) is -0.484. The van der Waals surface area contributed by atoms with E-state index in [1.807, 2.05) is 25.3 Å². The molecule has 0 aliphatic heterocycles. The van der Waals surface area contributed by atoms with Gasteiger partial charge < -0.3 is 4.90 Å². The summed E-state index contributed by atoms with van der Waals surface area (Å²) in [4.78, 5) is 23.1. The van der Waals surface area contributed by atoms with Gasteiger partial charge in [0.1, 0.15) is 11.5 Å². The molecule has 0 saturated heterocycles. The normalized spacial score (nSPS) is 12.0. The highest BCUT2D eigenvalue weighted by atomic mass is 32.2. The monoisotopic (exact) mass is 370 g/mol. The number of rotatable bonds is 5. The van der Waals surface area contributed by atoms with Crippen LogP contribution in [0.15, 0.2) is 60.1 Å². The van der Waals surface area contributed by atoms with Crippen LogP contribution in [0.4, 0.5) is 4.39 Å². The zero-order valence-corrected chi connectivity index (χ0v) is 15.6. The fraction of sp³-hybridized carbons (Fsp3) is 0.211. The molecular formula is C19H19FN4OS. The summed E-state index contributed by atoms with van der Waals surface area (Å²) in [6.45, 7) is 1.96. The van der Waals surface area contributed by atoms with Gasteiger partial charge in [0.15, 0.2) is 5.16 Å². The van der Waals surface area contributed by atoms with Gasteiger partial charge in [-0.1, -0.05) is 11.8 Å². The number of thioether (sulfide) groups is 1. The van der Waals surface area contributed by atoms with E-state index in [4.69, 9.17) is 0 Å². The first-order valence-electron chi connectivity index (χ1n) is 8.07. The molecule has 7 heteroatoms. The molecule has 3 aromatic rings. The van der Waals surface area contributed by atoms with E-state index in [1.54, 1.807) is 47.2 Å². The predicted molar refractivity (Wildman–Crippen MR) is 100 cm³/mol. The third-order valence-corrected chi connectivity index (χ3v) is 4.96. The quantitative estimate of drug-likeness (QED) is 0.638. The lowest BCUT2D eigenvalue weighted by molar-refractivity contribution is 0.0734. The average molecular weight is 370 g/mol. The number of benzene rings is 1. The second-order valence-corrected chi connectivity index (χ2v) is 6.59. The topological polar surface area (TPSA) is 51.0 Å². The first kappa shape index (κ1) is 18.1. The fourth-order valence-electron chi connectivity index (χ4n) is 2.69. The van der Waals surface area contributed by atoms with Crippen LogP contribution < -0.4 is 0 Å².